The largest absolute Gasteiger partial charge is 0.271 e. The molecule has 0 saturated carbocycles. The Morgan fingerprint density at radius 1 is 0.870 bits per heavy atom. The van der Waals surface area contributed by atoms with E-state index in [0.29, 0.717) is 11.5 Å². The number of rotatable bonds is 5. The summed E-state index contributed by atoms with van der Waals surface area (Å²) in [7, 11) is 0. The third-order valence-corrected chi connectivity index (χ3v) is 3.73. The van der Waals surface area contributed by atoms with Gasteiger partial charge >= 0.3 is 0 Å². The zero-order chi connectivity index (χ0) is 16.8. The van der Waals surface area contributed by atoms with Gasteiger partial charge in [-0.2, -0.15) is 5.10 Å². The molecule has 0 aliphatic rings. The molecule has 2 aromatic rings. The third-order valence-electron chi connectivity index (χ3n) is 3.73. The number of hydrogen-bond donors (Lipinski definition) is 1. The average molecular weight is 308 g/mol. The molecule has 23 heavy (non-hydrogen) atoms. The number of benzene rings is 2. The quantitative estimate of drug-likeness (QED) is 0.636. The van der Waals surface area contributed by atoms with Crippen LogP contribution >= 0.6 is 0 Å². The summed E-state index contributed by atoms with van der Waals surface area (Å²) in [6.07, 6.45) is 0. The first kappa shape index (κ1) is 16.9. The summed E-state index contributed by atoms with van der Waals surface area (Å²) in [6.45, 7) is 8.40. The number of hydrazone groups is 1. The minimum atomic E-state index is -0.186. The summed E-state index contributed by atoms with van der Waals surface area (Å²) in [4.78, 5) is 12.3. The summed E-state index contributed by atoms with van der Waals surface area (Å²) in [5.74, 6) is 0.492. The lowest BCUT2D eigenvalue weighted by molar-refractivity contribution is 0.0954. The molecule has 0 unspecified atom stereocenters. The Balaban J connectivity index is 2.14. The van der Waals surface area contributed by atoms with Crippen molar-refractivity contribution in [3.63, 3.8) is 0 Å². The van der Waals surface area contributed by atoms with E-state index >= 15 is 0 Å². The summed E-state index contributed by atoms with van der Waals surface area (Å²) in [5, 5.41) is 4.34. The van der Waals surface area contributed by atoms with Crippen molar-refractivity contribution in [3.8, 4) is 0 Å². The van der Waals surface area contributed by atoms with Crippen LogP contribution in [0.4, 0.5) is 0 Å². The first-order chi connectivity index (χ1) is 11.0. The molecule has 3 nitrogen and oxygen atoms in total. The highest BCUT2D eigenvalue weighted by molar-refractivity contribution is 6.03. The van der Waals surface area contributed by atoms with Crippen LogP contribution in [-0.4, -0.2) is 11.6 Å². The maximum atomic E-state index is 12.3. The van der Waals surface area contributed by atoms with Crippen LogP contribution in [0, 0.1) is 5.92 Å². The Morgan fingerprint density at radius 2 is 1.48 bits per heavy atom. The smallest absolute Gasteiger partial charge is 0.267 e. The predicted molar refractivity (Wildman–Crippen MR) is 95.8 cm³/mol. The van der Waals surface area contributed by atoms with E-state index in [2.05, 4.69) is 38.2 Å². The van der Waals surface area contributed by atoms with Gasteiger partial charge in [0, 0.05) is 5.56 Å². The van der Waals surface area contributed by atoms with Gasteiger partial charge < -0.3 is 0 Å². The second-order valence-corrected chi connectivity index (χ2v) is 6.24. The van der Waals surface area contributed by atoms with Gasteiger partial charge in [-0.15, -0.1) is 0 Å². The van der Waals surface area contributed by atoms with Crippen molar-refractivity contribution < 1.29 is 4.79 Å². The molecule has 0 aliphatic heterocycles. The molecule has 120 valence electrons. The van der Waals surface area contributed by atoms with E-state index in [1.807, 2.05) is 54.6 Å². The lowest BCUT2D eigenvalue weighted by atomic mass is 10.0. The van der Waals surface area contributed by atoms with Gasteiger partial charge in [-0.05, 0) is 35.1 Å². The third kappa shape index (κ3) is 4.52. The zero-order valence-electron chi connectivity index (χ0n) is 14.2. The standard InChI is InChI=1S/C20H24N2O/c1-14(2)16-10-12-18(13-11-16)20(23)22-21-19(15(3)4)17-8-6-5-7-9-17/h5-15H,1-4H3,(H,22,23). The molecule has 0 saturated heterocycles. The van der Waals surface area contributed by atoms with Gasteiger partial charge in [0.1, 0.15) is 0 Å². The van der Waals surface area contributed by atoms with Crippen LogP contribution < -0.4 is 5.43 Å². The molecule has 0 spiro atoms. The van der Waals surface area contributed by atoms with E-state index in [1.165, 1.54) is 5.56 Å². The zero-order valence-corrected chi connectivity index (χ0v) is 14.2. The number of nitrogens with zero attached hydrogens (tertiary/aromatic N) is 1. The lowest BCUT2D eigenvalue weighted by Crippen LogP contribution is -2.22. The summed E-state index contributed by atoms with van der Waals surface area (Å²) in [6, 6.07) is 17.6. The molecule has 0 radical (unpaired) electrons. The average Bonchev–Trinajstić information content (AvgIpc) is 2.55. The SMILES string of the molecule is CC(C)C(=NNC(=O)c1ccc(C(C)C)cc1)c1ccccc1. The van der Waals surface area contributed by atoms with Crippen molar-refractivity contribution in [1.29, 1.82) is 0 Å². The number of carbonyl (C=O) groups is 1. The van der Waals surface area contributed by atoms with Crippen LogP contribution in [0.5, 0.6) is 0 Å². The van der Waals surface area contributed by atoms with Gasteiger partial charge in [0.05, 0.1) is 5.71 Å². The van der Waals surface area contributed by atoms with Crippen LogP contribution in [0.15, 0.2) is 59.7 Å². The Bertz CT molecular complexity index is 671. The Hall–Kier alpha value is -2.42. The second kappa shape index (κ2) is 7.73. The number of hydrogen-bond acceptors (Lipinski definition) is 2. The van der Waals surface area contributed by atoms with E-state index in [9.17, 15) is 4.79 Å². The van der Waals surface area contributed by atoms with Gasteiger partial charge in [0.25, 0.3) is 5.91 Å². The summed E-state index contributed by atoms with van der Waals surface area (Å²) in [5.41, 5.74) is 6.41. The Morgan fingerprint density at radius 3 is 2.00 bits per heavy atom. The van der Waals surface area contributed by atoms with Crippen molar-refractivity contribution in [3.05, 3.63) is 71.3 Å². The maximum absolute atomic E-state index is 12.3. The fourth-order valence-electron chi connectivity index (χ4n) is 2.33. The highest BCUT2D eigenvalue weighted by Gasteiger charge is 2.10. The van der Waals surface area contributed by atoms with Crippen molar-refractivity contribution >= 4 is 11.6 Å². The van der Waals surface area contributed by atoms with E-state index in [-0.39, 0.29) is 11.8 Å². The fraction of sp³-hybridized carbons (Fsp3) is 0.300. The number of carbonyl (C=O) groups excluding carboxylic acids is 1. The van der Waals surface area contributed by atoms with Crippen LogP contribution in [0.1, 0.15) is 55.1 Å². The molecule has 0 atom stereocenters. The second-order valence-electron chi connectivity index (χ2n) is 6.24. The van der Waals surface area contributed by atoms with Crippen molar-refractivity contribution in [1.82, 2.24) is 5.43 Å². The van der Waals surface area contributed by atoms with E-state index < -0.39 is 0 Å². The van der Waals surface area contributed by atoms with E-state index in [4.69, 9.17) is 0 Å². The minimum Gasteiger partial charge on any atom is -0.267 e. The number of amides is 1. The van der Waals surface area contributed by atoms with Crippen LogP contribution in [0.3, 0.4) is 0 Å². The van der Waals surface area contributed by atoms with E-state index in [1.54, 1.807) is 0 Å². The van der Waals surface area contributed by atoms with Gasteiger partial charge in [0.15, 0.2) is 0 Å². The van der Waals surface area contributed by atoms with Gasteiger partial charge in [-0.3, -0.25) is 4.79 Å². The van der Waals surface area contributed by atoms with E-state index in [0.717, 1.165) is 11.3 Å². The summed E-state index contributed by atoms with van der Waals surface area (Å²) < 4.78 is 0. The summed E-state index contributed by atoms with van der Waals surface area (Å²) >= 11 is 0. The molecule has 1 N–H and O–H groups in total. The van der Waals surface area contributed by atoms with Crippen molar-refractivity contribution in [2.24, 2.45) is 11.0 Å². The predicted octanol–water partition coefficient (Wildman–Crippen LogP) is 4.60. The molecular weight excluding hydrogens is 284 g/mol. The van der Waals surface area contributed by atoms with Gasteiger partial charge in [-0.1, -0.05) is 70.2 Å². The van der Waals surface area contributed by atoms with Crippen LogP contribution in [0.25, 0.3) is 0 Å². The fourth-order valence-corrected chi connectivity index (χ4v) is 2.33. The molecule has 0 aliphatic carbocycles. The Labute approximate surface area is 138 Å². The van der Waals surface area contributed by atoms with Crippen molar-refractivity contribution in [2.45, 2.75) is 33.6 Å². The van der Waals surface area contributed by atoms with Crippen molar-refractivity contribution in [2.75, 3.05) is 0 Å². The molecule has 0 bridgehead atoms. The van der Waals surface area contributed by atoms with Crippen LogP contribution in [0.2, 0.25) is 0 Å². The first-order valence-electron chi connectivity index (χ1n) is 8.02. The molecule has 0 aromatic heterocycles. The lowest BCUT2D eigenvalue weighted by Gasteiger charge is -2.11. The normalized spacial score (nSPS) is 11.8. The Kier molecular flexibility index (Phi) is 5.69. The number of nitrogens with one attached hydrogen (secondary N) is 1. The topological polar surface area (TPSA) is 41.5 Å². The monoisotopic (exact) mass is 308 g/mol. The van der Waals surface area contributed by atoms with Gasteiger partial charge in [0.2, 0.25) is 0 Å². The first-order valence-corrected chi connectivity index (χ1v) is 8.02. The highest BCUT2D eigenvalue weighted by Crippen LogP contribution is 2.15. The molecular formula is C20H24N2O. The molecule has 0 fully saturated rings. The maximum Gasteiger partial charge on any atom is 0.271 e. The molecule has 3 heteroatoms. The van der Waals surface area contributed by atoms with Gasteiger partial charge in [-0.25, -0.2) is 5.43 Å². The highest BCUT2D eigenvalue weighted by atomic mass is 16.2. The molecule has 2 aromatic carbocycles. The van der Waals surface area contributed by atoms with Crippen LogP contribution in [-0.2, 0) is 0 Å². The minimum absolute atomic E-state index is 0.186. The molecule has 0 heterocycles. The molecule has 2 rings (SSSR count). The molecule has 1 amide bonds.